The number of nitrogens with zero attached hydrogens (tertiary/aromatic N) is 1. The first kappa shape index (κ1) is 10.3. The van der Waals surface area contributed by atoms with E-state index in [2.05, 4.69) is 4.98 Å². The molecule has 1 aromatic heterocycles. The number of nitrogens with two attached hydrogens (primary N) is 1. The van der Waals surface area contributed by atoms with E-state index in [9.17, 15) is 4.39 Å². The van der Waals surface area contributed by atoms with Gasteiger partial charge in [0.2, 0.25) is 0 Å². The lowest BCUT2D eigenvalue weighted by Crippen LogP contribution is -2.11. The van der Waals surface area contributed by atoms with E-state index in [1.807, 2.05) is 13.0 Å². The highest BCUT2D eigenvalue weighted by atomic mass is 32.1. The summed E-state index contributed by atoms with van der Waals surface area (Å²) >= 11 is 1.50. The Morgan fingerprint density at radius 3 is 2.87 bits per heavy atom. The van der Waals surface area contributed by atoms with Crippen LogP contribution in [0.4, 0.5) is 4.39 Å². The Morgan fingerprint density at radius 1 is 1.47 bits per heavy atom. The summed E-state index contributed by atoms with van der Waals surface area (Å²) in [5, 5.41) is 0. The fraction of sp³-hybridized carbons (Fsp3) is 0.182. The zero-order valence-corrected chi connectivity index (χ0v) is 9.09. The van der Waals surface area contributed by atoms with E-state index < -0.39 is 0 Å². The van der Waals surface area contributed by atoms with Crippen LogP contribution in [0.15, 0.2) is 29.8 Å². The Bertz CT molecular complexity index is 467. The molecule has 78 valence electrons. The van der Waals surface area contributed by atoms with Gasteiger partial charge in [-0.2, -0.15) is 0 Å². The molecular formula is C11H11FN2S. The summed E-state index contributed by atoms with van der Waals surface area (Å²) in [6.45, 7) is 1.91. The van der Waals surface area contributed by atoms with Crippen molar-refractivity contribution >= 4 is 11.3 Å². The molecule has 15 heavy (non-hydrogen) atoms. The molecule has 1 unspecified atom stereocenters. The van der Waals surface area contributed by atoms with Crippen LogP contribution in [0.5, 0.6) is 0 Å². The van der Waals surface area contributed by atoms with Gasteiger partial charge in [0.15, 0.2) is 0 Å². The molecule has 0 saturated carbocycles. The Labute approximate surface area is 91.6 Å². The lowest BCUT2D eigenvalue weighted by atomic mass is 10.1. The SMILES string of the molecule is Cc1ncsc1C(N)c1cccc(F)c1. The second-order valence-corrected chi connectivity index (χ2v) is 4.22. The predicted octanol–water partition coefficient (Wildman–Crippen LogP) is 2.64. The van der Waals surface area contributed by atoms with Crippen molar-refractivity contribution < 1.29 is 4.39 Å². The standard InChI is InChI=1S/C11H11FN2S/c1-7-11(15-6-14-7)10(13)8-3-2-4-9(12)5-8/h2-6,10H,13H2,1H3. The Morgan fingerprint density at radius 2 is 2.27 bits per heavy atom. The summed E-state index contributed by atoms with van der Waals surface area (Å²) in [4.78, 5) is 5.12. The van der Waals surface area contributed by atoms with Gasteiger partial charge < -0.3 is 5.73 Å². The van der Waals surface area contributed by atoms with E-state index >= 15 is 0 Å². The topological polar surface area (TPSA) is 38.9 Å². The normalized spacial score (nSPS) is 12.7. The van der Waals surface area contributed by atoms with Gasteiger partial charge in [-0.05, 0) is 24.6 Å². The molecule has 2 rings (SSSR count). The molecule has 0 amide bonds. The van der Waals surface area contributed by atoms with E-state index in [4.69, 9.17) is 5.73 Å². The molecule has 0 spiro atoms. The van der Waals surface area contributed by atoms with Gasteiger partial charge in [-0.1, -0.05) is 12.1 Å². The molecule has 4 heteroatoms. The third-order valence-electron chi connectivity index (χ3n) is 2.27. The van der Waals surface area contributed by atoms with Crippen molar-refractivity contribution in [1.29, 1.82) is 0 Å². The zero-order valence-electron chi connectivity index (χ0n) is 8.27. The van der Waals surface area contributed by atoms with Crippen molar-refractivity contribution in [2.75, 3.05) is 0 Å². The van der Waals surface area contributed by atoms with Gasteiger partial charge in [-0.3, -0.25) is 0 Å². The number of aryl methyl sites for hydroxylation is 1. The van der Waals surface area contributed by atoms with Gasteiger partial charge in [-0.25, -0.2) is 9.37 Å². The molecule has 0 bridgehead atoms. The molecule has 2 aromatic rings. The number of benzene rings is 1. The third-order valence-corrected chi connectivity index (χ3v) is 3.29. The molecule has 1 aromatic carbocycles. The number of rotatable bonds is 2. The molecule has 0 saturated heterocycles. The molecule has 2 nitrogen and oxygen atoms in total. The summed E-state index contributed by atoms with van der Waals surface area (Å²) in [6.07, 6.45) is 0. The molecule has 0 aliphatic rings. The fourth-order valence-electron chi connectivity index (χ4n) is 1.46. The number of thiazole rings is 1. The summed E-state index contributed by atoms with van der Waals surface area (Å²) in [6, 6.07) is 6.08. The molecule has 1 atom stereocenters. The second-order valence-electron chi connectivity index (χ2n) is 3.33. The van der Waals surface area contributed by atoms with Crippen LogP contribution in [0.2, 0.25) is 0 Å². The quantitative estimate of drug-likeness (QED) is 0.848. The maximum atomic E-state index is 13.0. The van der Waals surface area contributed by atoms with Crippen molar-refractivity contribution in [3.8, 4) is 0 Å². The van der Waals surface area contributed by atoms with Gasteiger partial charge in [0.1, 0.15) is 5.82 Å². The van der Waals surface area contributed by atoms with Gasteiger partial charge in [0.05, 0.1) is 17.2 Å². The second kappa shape index (κ2) is 4.08. The van der Waals surface area contributed by atoms with Crippen molar-refractivity contribution in [1.82, 2.24) is 4.98 Å². The van der Waals surface area contributed by atoms with E-state index in [1.54, 1.807) is 11.6 Å². The van der Waals surface area contributed by atoms with Crippen LogP contribution in [0, 0.1) is 12.7 Å². The molecule has 0 fully saturated rings. The van der Waals surface area contributed by atoms with Crippen molar-refractivity contribution in [2.45, 2.75) is 13.0 Å². The van der Waals surface area contributed by atoms with Crippen LogP contribution >= 0.6 is 11.3 Å². The average Bonchev–Trinajstić information content (AvgIpc) is 2.63. The van der Waals surface area contributed by atoms with Crippen molar-refractivity contribution in [3.05, 3.63) is 51.7 Å². The summed E-state index contributed by atoms with van der Waals surface area (Å²) < 4.78 is 13.0. The number of halogens is 1. The first-order valence-electron chi connectivity index (χ1n) is 4.59. The molecule has 0 aliphatic heterocycles. The highest BCUT2D eigenvalue weighted by molar-refractivity contribution is 7.09. The summed E-state index contributed by atoms with van der Waals surface area (Å²) in [5.74, 6) is -0.259. The van der Waals surface area contributed by atoms with E-state index in [0.717, 1.165) is 16.1 Å². The molecule has 2 N–H and O–H groups in total. The molecule has 1 heterocycles. The van der Waals surface area contributed by atoms with Crippen molar-refractivity contribution in [2.24, 2.45) is 5.73 Å². The number of aromatic nitrogens is 1. The van der Waals surface area contributed by atoms with Crippen LogP contribution in [0.3, 0.4) is 0 Å². The first-order valence-corrected chi connectivity index (χ1v) is 5.47. The minimum Gasteiger partial charge on any atom is -0.320 e. The number of hydrogen-bond donors (Lipinski definition) is 1. The van der Waals surface area contributed by atoms with Crippen LogP contribution < -0.4 is 5.73 Å². The monoisotopic (exact) mass is 222 g/mol. The van der Waals surface area contributed by atoms with E-state index in [1.165, 1.54) is 23.5 Å². The van der Waals surface area contributed by atoms with Crippen molar-refractivity contribution in [3.63, 3.8) is 0 Å². The molecular weight excluding hydrogens is 211 g/mol. The lowest BCUT2D eigenvalue weighted by molar-refractivity contribution is 0.623. The van der Waals surface area contributed by atoms with Gasteiger partial charge in [-0.15, -0.1) is 11.3 Å². The largest absolute Gasteiger partial charge is 0.320 e. The van der Waals surface area contributed by atoms with Gasteiger partial charge >= 0.3 is 0 Å². The minimum absolute atomic E-state index is 0.259. The Hall–Kier alpha value is -1.26. The maximum Gasteiger partial charge on any atom is 0.123 e. The Kier molecular flexibility index (Phi) is 2.79. The smallest absolute Gasteiger partial charge is 0.123 e. The maximum absolute atomic E-state index is 13.0. The van der Waals surface area contributed by atoms with Crippen LogP contribution in [0.1, 0.15) is 22.2 Å². The zero-order chi connectivity index (χ0) is 10.8. The predicted molar refractivity (Wildman–Crippen MR) is 59.3 cm³/mol. The highest BCUT2D eigenvalue weighted by Gasteiger charge is 2.13. The molecule has 0 aliphatic carbocycles. The highest BCUT2D eigenvalue weighted by Crippen LogP contribution is 2.25. The number of hydrogen-bond acceptors (Lipinski definition) is 3. The van der Waals surface area contributed by atoms with Gasteiger partial charge in [0.25, 0.3) is 0 Å². The lowest BCUT2D eigenvalue weighted by Gasteiger charge is -2.10. The van der Waals surface area contributed by atoms with E-state index in [0.29, 0.717) is 0 Å². The van der Waals surface area contributed by atoms with Crippen LogP contribution in [-0.2, 0) is 0 Å². The first-order chi connectivity index (χ1) is 7.18. The van der Waals surface area contributed by atoms with Gasteiger partial charge in [0, 0.05) is 4.88 Å². The van der Waals surface area contributed by atoms with Crippen LogP contribution in [0.25, 0.3) is 0 Å². The Balaban J connectivity index is 2.36. The minimum atomic E-state index is -0.284. The third kappa shape index (κ3) is 2.06. The fourth-order valence-corrected chi connectivity index (χ4v) is 2.29. The van der Waals surface area contributed by atoms with E-state index in [-0.39, 0.29) is 11.9 Å². The summed E-state index contributed by atoms with van der Waals surface area (Å²) in [5.41, 5.74) is 9.48. The average molecular weight is 222 g/mol. The van der Waals surface area contributed by atoms with Crippen LogP contribution in [-0.4, -0.2) is 4.98 Å². The molecule has 0 radical (unpaired) electrons. The summed E-state index contributed by atoms with van der Waals surface area (Å²) in [7, 11) is 0.